The van der Waals surface area contributed by atoms with E-state index >= 15 is 0 Å². The van der Waals surface area contributed by atoms with E-state index in [1.165, 1.54) is 6.07 Å². The molecular formula is C14H15BrN2O3S. The summed E-state index contributed by atoms with van der Waals surface area (Å²) in [5, 5.41) is 5.20. The molecule has 0 saturated carbocycles. The summed E-state index contributed by atoms with van der Waals surface area (Å²) < 4.78 is 29.8. The molecule has 5 nitrogen and oxygen atoms in total. The summed E-state index contributed by atoms with van der Waals surface area (Å²) in [6.07, 6.45) is 0. The Morgan fingerprint density at radius 2 is 1.76 bits per heavy atom. The van der Waals surface area contributed by atoms with Gasteiger partial charge < -0.3 is 10.5 Å². The average Bonchev–Trinajstić information content (AvgIpc) is 2.36. The van der Waals surface area contributed by atoms with E-state index in [4.69, 9.17) is 15.6 Å². The lowest BCUT2D eigenvalue weighted by atomic mass is 10.2. The molecule has 0 radical (unpaired) electrons. The zero-order chi connectivity index (χ0) is 15.8. The standard InChI is InChI=1S/C14H15BrN2O3S/c1-8-3-4-10(15)5-12(8)20-13-6-11(16)7-14(9(13)2)21(17,18)19/h3-7H,16H2,1-2H3,(H2,17,18,19). The molecule has 2 aromatic rings. The Kier molecular flexibility index (Phi) is 4.27. The molecule has 0 heterocycles. The summed E-state index contributed by atoms with van der Waals surface area (Å²) in [6.45, 7) is 3.52. The van der Waals surface area contributed by atoms with Crippen LogP contribution in [0.3, 0.4) is 0 Å². The van der Waals surface area contributed by atoms with Crippen molar-refractivity contribution in [3.05, 3.63) is 45.9 Å². The Morgan fingerprint density at radius 3 is 2.38 bits per heavy atom. The summed E-state index contributed by atoms with van der Waals surface area (Å²) in [4.78, 5) is -0.0369. The normalized spacial score (nSPS) is 11.4. The van der Waals surface area contributed by atoms with Crippen LogP contribution in [0.2, 0.25) is 0 Å². The maximum atomic E-state index is 11.6. The summed E-state index contributed by atoms with van der Waals surface area (Å²) in [5.41, 5.74) is 7.34. The third-order valence-electron chi connectivity index (χ3n) is 3.01. The third-order valence-corrected chi connectivity index (χ3v) is 4.54. The van der Waals surface area contributed by atoms with E-state index in [-0.39, 0.29) is 10.6 Å². The fourth-order valence-corrected chi connectivity index (χ4v) is 3.05. The number of aryl methyl sites for hydroxylation is 1. The van der Waals surface area contributed by atoms with Gasteiger partial charge >= 0.3 is 0 Å². The van der Waals surface area contributed by atoms with E-state index in [1.54, 1.807) is 19.1 Å². The number of primary sulfonamides is 1. The number of benzene rings is 2. The van der Waals surface area contributed by atoms with Gasteiger partial charge in [0.25, 0.3) is 0 Å². The number of nitrogens with two attached hydrogens (primary N) is 2. The minimum atomic E-state index is -3.86. The van der Waals surface area contributed by atoms with E-state index in [2.05, 4.69) is 15.9 Å². The van der Waals surface area contributed by atoms with Gasteiger partial charge in [-0.05, 0) is 37.6 Å². The van der Waals surface area contributed by atoms with Crippen LogP contribution in [-0.4, -0.2) is 8.42 Å². The number of anilines is 1. The van der Waals surface area contributed by atoms with Gasteiger partial charge in [0, 0.05) is 21.8 Å². The molecular weight excluding hydrogens is 356 g/mol. The Morgan fingerprint density at radius 1 is 1.10 bits per heavy atom. The highest BCUT2D eigenvalue weighted by Crippen LogP contribution is 2.34. The number of hydrogen-bond donors (Lipinski definition) is 2. The van der Waals surface area contributed by atoms with Crippen molar-refractivity contribution in [3.8, 4) is 11.5 Å². The second-order valence-electron chi connectivity index (χ2n) is 4.70. The first-order valence-corrected chi connectivity index (χ1v) is 8.39. The Labute approximate surface area is 132 Å². The molecule has 7 heteroatoms. The molecule has 0 bridgehead atoms. The molecule has 4 N–H and O–H groups in total. The van der Waals surface area contributed by atoms with Crippen LogP contribution in [0.15, 0.2) is 39.7 Å². The van der Waals surface area contributed by atoms with Crippen molar-refractivity contribution in [1.29, 1.82) is 0 Å². The summed E-state index contributed by atoms with van der Waals surface area (Å²) >= 11 is 3.37. The van der Waals surface area contributed by atoms with Crippen LogP contribution in [0.1, 0.15) is 11.1 Å². The molecule has 0 saturated heterocycles. The number of hydrogen-bond acceptors (Lipinski definition) is 4. The van der Waals surface area contributed by atoms with Gasteiger partial charge in [0.05, 0.1) is 4.90 Å². The van der Waals surface area contributed by atoms with Crippen molar-refractivity contribution >= 4 is 31.6 Å². The highest BCUT2D eigenvalue weighted by atomic mass is 79.9. The average molecular weight is 371 g/mol. The van der Waals surface area contributed by atoms with Crippen LogP contribution in [0.4, 0.5) is 5.69 Å². The molecule has 2 aromatic carbocycles. The zero-order valence-electron chi connectivity index (χ0n) is 11.6. The first kappa shape index (κ1) is 15.8. The number of sulfonamides is 1. The maximum absolute atomic E-state index is 11.6. The van der Waals surface area contributed by atoms with E-state index in [0.29, 0.717) is 17.1 Å². The van der Waals surface area contributed by atoms with Crippen molar-refractivity contribution in [1.82, 2.24) is 0 Å². The number of nitrogen functional groups attached to an aromatic ring is 1. The van der Waals surface area contributed by atoms with Crippen molar-refractivity contribution in [2.45, 2.75) is 18.7 Å². The first-order chi connectivity index (χ1) is 9.68. The van der Waals surface area contributed by atoms with Gasteiger partial charge in [0.15, 0.2) is 0 Å². The third kappa shape index (κ3) is 3.55. The fourth-order valence-electron chi connectivity index (χ4n) is 1.89. The fraction of sp³-hybridized carbons (Fsp3) is 0.143. The number of halogens is 1. The molecule has 0 atom stereocenters. The maximum Gasteiger partial charge on any atom is 0.238 e. The predicted octanol–water partition coefficient (Wildman–Crippen LogP) is 3.09. The molecule has 112 valence electrons. The molecule has 2 rings (SSSR count). The lowest BCUT2D eigenvalue weighted by molar-refractivity contribution is 0.473. The Bertz CT molecular complexity index is 804. The van der Waals surface area contributed by atoms with Crippen LogP contribution in [0.5, 0.6) is 11.5 Å². The molecule has 0 aliphatic heterocycles. The first-order valence-electron chi connectivity index (χ1n) is 6.05. The molecule has 0 amide bonds. The van der Waals surface area contributed by atoms with Crippen LogP contribution in [-0.2, 0) is 10.0 Å². The van der Waals surface area contributed by atoms with Crippen molar-refractivity contribution in [2.24, 2.45) is 5.14 Å². The van der Waals surface area contributed by atoms with Gasteiger partial charge in [-0.15, -0.1) is 0 Å². The summed E-state index contributed by atoms with van der Waals surface area (Å²) in [6, 6.07) is 8.48. The zero-order valence-corrected chi connectivity index (χ0v) is 14.0. The van der Waals surface area contributed by atoms with E-state index in [1.807, 2.05) is 19.1 Å². The van der Waals surface area contributed by atoms with Crippen LogP contribution in [0, 0.1) is 13.8 Å². The second-order valence-corrected chi connectivity index (χ2v) is 7.14. The summed E-state index contributed by atoms with van der Waals surface area (Å²) in [7, 11) is -3.86. The van der Waals surface area contributed by atoms with Crippen molar-refractivity contribution < 1.29 is 13.2 Å². The highest BCUT2D eigenvalue weighted by molar-refractivity contribution is 9.10. The monoisotopic (exact) mass is 370 g/mol. The lowest BCUT2D eigenvalue weighted by Gasteiger charge is -2.14. The predicted molar refractivity (Wildman–Crippen MR) is 85.9 cm³/mol. The molecule has 0 fully saturated rings. The minimum Gasteiger partial charge on any atom is -0.457 e. The van der Waals surface area contributed by atoms with E-state index in [0.717, 1.165) is 10.0 Å². The quantitative estimate of drug-likeness (QED) is 0.811. The molecule has 0 spiro atoms. The number of rotatable bonds is 3. The van der Waals surface area contributed by atoms with Crippen molar-refractivity contribution in [3.63, 3.8) is 0 Å². The van der Waals surface area contributed by atoms with Crippen LogP contribution < -0.4 is 15.6 Å². The van der Waals surface area contributed by atoms with Crippen molar-refractivity contribution in [2.75, 3.05) is 5.73 Å². The van der Waals surface area contributed by atoms with Gasteiger partial charge in [-0.1, -0.05) is 22.0 Å². The van der Waals surface area contributed by atoms with Crippen LogP contribution in [0.25, 0.3) is 0 Å². The van der Waals surface area contributed by atoms with Gasteiger partial charge in [-0.25, -0.2) is 13.6 Å². The van der Waals surface area contributed by atoms with Gasteiger partial charge in [-0.2, -0.15) is 0 Å². The Hall–Kier alpha value is -1.57. The lowest BCUT2D eigenvalue weighted by Crippen LogP contribution is -2.14. The van der Waals surface area contributed by atoms with Gasteiger partial charge in [0.2, 0.25) is 10.0 Å². The Balaban J connectivity index is 2.55. The van der Waals surface area contributed by atoms with E-state index in [9.17, 15) is 8.42 Å². The minimum absolute atomic E-state index is 0.0369. The second kappa shape index (κ2) is 5.67. The summed E-state index contributed by atoms with van der Waals surface area (Å²) in [5.74, 6) is 0.971. The molecule has 21 heavy (non-hydrogen) atoms. The van der Waals surface area contributed by atoms with Gasteiger partial charge in [-0.3, -0.25) is 0 Å². The molecule has 0 aromatic heterocycles. The largest absolute Gasteiger partial charge is 0.457 e. The highest BCUT2D eigenvalue weighted by Gasteiger charge is 2.17. The van der Waals surface area contributed by atoms with Crippen LogP contribution >= 0.6 is 15.9 Å². The molecule has 0 aliphatic carbocycles. The molecule has 0 aliphatic rings. The smallest absolute Gasteiger partial charge is 0.238 e. The topological polar surface area (TPSA) is 95.4 Å². The van der Waals surface area contributed by atoms with E-state index < -0.39 is 10.0 Å². The SMILES string of the molecule is Cc1ccc(Br)cc1Oc1cc(N)cc(S(N)(=O)=O)c1C. The van der Waals surface area contributed by atoms with Gasteiger partial charge in [0.1, 0.15) is 11.5 Å². The number of ether oxygens (including phenoxy) is 1. The molecule has 0 unspecified atom stereocenters.